The van der Waals surface area contributed by atoms with Crippen molar-refractivity contribution >= 4 is 11.8 Å². The molecule has 2 rings (SSSR count). The Morgan fingerprint density at radius 3 is 2.95 bits per heavy atom. The monoisotopic (exact) mass is 276 g/mol. The van der Waals surface area contributed by atoms with Crippen molar-refractivity contribution < 1.29 is 10.0 Å². The van der Waals surface area contributed by atoms with Gasteiger partial charge in [-0.2, -0.15) is 0 Å². The maximum Gasteiger partial charge on any atom is 0.276 e. The summed E-state index contributed by atoms with van der Waals surface area (Å²) >= 11 is 0. The first-order valence-electron chi connectivity index (χ1n) is 6.97. The molecule has 1 fully saturated rings. The third-order valence-electron chi connectivity index (χ3n) is 3.73. The number of piperidine rings is 1. The van der Waals surface area contributed by atoms with Crippen LogP contribution in [0.15, 0.2) is 30.3 Å². The molecule has 5 heteroatoms. The van der Waals surface area contributed by atoms with E-state index in [4.69, 9.17) is 0 Å². The molecule has 0 spiro atoms. The average Bonchev–Trinajstić information content (AvgIpc) is 2.48. The smallest absolute Gasteiger partial charge is 0.276 e. The van der Waals surface area contributed by atoms with Gasteiger partial charge in [0.15, 0.2) is 0 Å². The second-order valence-electron chi connectivity index (χ2n) is 5.05. The molecule has 1 aromatic carbocycles. The van der Waals surface area contributed by atoms with Crippen molar-refractivity contribution in [2.45, 2.75) is 25.3 Å². The Balaban J connectivity index is 2.01. The second-order valence-corrected chi connectivity index (χ2v) is 5.05. The summed E-state index contributed by atoms with van der Waals surface area (Å²) in [5.41, 5.74) is 0.746. The zero-order valence-electron chi connectivity index (χ0n) is 11.4. The fraction of sp³-hybridized carbons (Fsp3) is 0.467. The van der Waals surface area contributed by atoms with Crippen molar-refractivity contribution in [1.29, 1.82) is 0 Å². The van der Waals surface area contributed by atoms with Gasteiger partial charge in [-0.25, -0.2) is 0 Å². The first-order valence-corrected chi connectivity index (χ1v) is 6.97. The fourth-order valence-electron chi connectivity index (χ4n) is 2.62. The van der Waals surface area contributed by atoms with E-state index >= 15 is 0 Å². The minimum atomic E-state index is -0.364. The van der Waals surface area contributed by atoms with E-state index in [0.717, 1.165) is 32.4 Å². The summed E-state index contributed by atoms with van der Waals surface area (Å²) in [5.74, 6) is 0. The molecule has 5 nitrogen and oxygen atoms in total. The molecule has 1 atom stereocenters. The molecule has 0 aliphatic carbocycles. The number of para-hydroxylation sites is 1. The van der Waals surface area contributed by atoms with Crippen LogP contribution in [0.25, 0.3) is 6.08 Å². The van der Waals surface area contributed by atoms with E-state index in [1.54, 1.807) is 24.3 Å². The highest BCUT2D eigenvalue weighted by Gasteiger charge is 2.20. The molecule has 1 N–H and O–H groups in total. The Hall–Kier alpha value is -1.72. The summed E-state index contributed by atoms with van der Waals surface area (Å²) in [6.45, 7) is 1.88. The van der Waals surface area contributed by atoms with E-state index in [0.29, 0.717) is 5.56 Å². The van der Waals surface area contributed by atoms with E-state index in [9.17, 15) is 15.2 Å². The van der Waals surface area contributed by atoms with Crippen LogP contribution in [0.2, 0.25) is 0 Å². The summed E-state index contributed by atoms with van der Waals surface area (Å²) in [6, 6.07) is 6.94. The van der Waals surface area contributed by atoms with Crippen LogP contribution in [0, 0.1) is 10.1 Å². The number of hydrogen-bond donors (Lipinski definition) is 1. The highest BCUT2D eigenvalue weighted by molar-refractivity contribution is 5.60. The lowest BCUT2D eigenvalue weighted by molar-refractivity contribution is -0.385. The highest BCUT2D eigenvalue weighted by atomic mass is 16.6. The van der Waals surface area contributed by atoms with Crippen LogP contribution in [-0.4, -0.2) is 40.7 Å². The minimum absolute atomic E-state index is 0.126. The van der Waals surface area contributed by atoms with Gasteiger partial charge in [0.1, 0.15) is 0 Å². The van der Waals surface area contributed by atoms with Gasteiger partial charge in [-0.3, -0.25) is 15.0 Å². The molecule has 1 saturated heterocycles. The summed E-state index contributed by atoms with van der Waals surface area (Å²) in [5, 5.41) is 20.3. The molecule has 0 aromatic heterocycles. The van der Waals surface area contributed by atoms with Crippen LogP contribution in [-0.2, 0) is 0 Å². The lowest BCUT2D eigenvalue weighted by atomic mass is 10.0. The van der Waals surface area contributed by atoms with E-state index in [-0.39, 0.29) is 23.3 Å². The van der Waals surface area contributed by atoms with Crippen LogP contribution >= 0.6 is 0 Å². The molecule has 1 heterocycles. The first kappa shape index (κ1) is 14.7. The van der Waals surface area contributed by atoms with Crippen LogP contribution in [0.3, 0.4) is 0 Å². The molecule has 20 heavy (non-hydrogen) atoms. The SMILES string of the molecule is O=[N+]([O-])c1ccccc1/C=C/CN1CCCCC1CO. The molecule has 108 valence electrons. The topological polar surface area (TPSA) is 66.6 Å². The maximum atomic E-state index is 10.9. The molecular formula is C15H20N2O3. The summed E-state index contributed by atoms with van der Waals surface area (Å²) in [7, 11) is 0. The van der Waals surface area contributed by atoms with Gasteiger partial charge in [0.05, 0.1) is 17.1 Å². The second kappa shape index (κ2) is 7.17. The van der Waals surface area contributed by atoms with Crippen molar-refractivity contribution in [1.82, 2.24) is 4.90 Å². The minimum Gasteiger partial charge on any atom is -0.395 e. The van der Waals surface area contributed by atoms with Crippen LogP contribution in [0.5, 0.6) is 0 Å². The molecule has 0 amide bonds. The summed E-state index contributed by atoms with van der Waals surface area (Å²) < 4.78 is 0. The first-order chi connectivity index (χ1) is 9.72. The van der Waals surface area contributed by atoms with Gasteiger partial charge >= 0.3 is 0 Å². The Morgan fingerprint density at radius 2 is 2.20 bits per heavy atom. The van der Waals surface area contributed by atoms with Gasteiger partial charge in [-0.1, -0.05) is 30.7 Å². The van der Waals surface area contributed by atoms with Crippen molar-refractivity contribution in [3.8, 4) is 0 Å². The Morgan fingerprint density at radius 1 is 1.40 bits per heavy atom. The van der Waals surface area contributed by atoms with Crippen molar-refractivity contribution in [2.24, 2.45) is 0 Å². The van der Waals surface area contributed by atoms with Crippen molar-refractivity contribution in [3.05, 3.63) is 46.0 Å². The van der Waals surface area contributed by atoms with E-state index in [1.807, 2.05) is 6.08 Å². The number of nitrogens with zero attached hydrogens (tertiary/aromatic N) is 2. The highest BCUT2D eigenvalue weighted by Crippen LogP contribution is 2.20. The summed E-state index contributed by atoms with van der Waals surface area (Å²) in [6.07, 6.45) is 7.07. The number of hydrogen-bond acceptors (Lipinski definition) is 4. The number of aliphatic hydroxyl groups is 1. The molecule has 0 saturated carbocycles. The van der Waals surface area contributed by atoms with E-state index in [1.165, 1.54) is 6.07 Å². The van der Waals surface area contributed by atoms with Gasteiger partial charge < -0.3 is 5.11 Å². The third kappa shape index (κ3) is 3.65. The van der Waals surface area contributed by atoms with Crippen LogP contribution in [0.4, 0.5) is 5.69 Å². The molecule has 1 aliphatic rings. The standard InChI is InChI=1S/C15H20N2O3/c18-12-14-8-3-4-10-16(14)11-5-7-13-6-1-2-9-15(13)17(19)20/h1-2,5-7,9,14,18H,3-4,8,10-12H2/b7-5+. The molecule has 0 bridgehead atoms. The van der Waals surface area contributed by atoms with Crippen LogP contribution < -0.4 is 0 Å². The number of rotatable bonds is 5. The quantitative estimate of drug-likeness (QED) is 0.662. The van der Waals surface area contributed by atoms with Gasteiger partial charge in [0, 0.05) is 18.7 Å². The Bertz CT molecular complexity index is 488. The van der Waals surface area contributed by atoms with Crippen LogP contribution in [0.1, 0.15) is 24.8 Å². The van der Waals surface area contributed by atoms with Gasteiger partial charge in [-0.05, 0) is 25.5 Å². The molecule has 0 radical (unpaired) electrons. The number of aliphatic hydroxyl groups excluding tert-OH is 1. The number of benzene rings is 1. The Kier molecular flexibility index (Phi) is 5.26. The molecule has 1 aliphatic heterocycles. The zero-order chi connectivity index (χ0) is 14.4. The maximum absolute atomic E-state index is 10.9. The van der Waals surface area contributed by atoms with Gasteiger partial charge in [-0.15, -0.1) is 0 Å². The predicted octanol–water partition coefficient (Wildman–Crippen LogP) is 2.45. The zero-order valence-corrected chi connectivity index (χ0v) is 11.4. The van der Waals surface area contributed by atoms with Gasteiger partial charge in [0.25, 0.3) is 5.69 Å². The normalized spacial score (nSPS) is 20.4. The average molecular weight is 276 g/mol. The van der Waals surface area contributed by atoms with Crippen molar-refractivity contribution in [2.75, 3.05) is 19.7 Å². The number of nitro groups is 1. The number of nitro benzene ring substituents is 1. The van der Waals surface area contributed by atoms with Crippen molar-refractivity contribution in [3.63, 3.8) is 0 Å². The fourth-order valence-corrected chi connectivity index (χ4v) is 2.62. The molecular weight excluding hydrogens is 256 g/mol. The largest absolute Gasteiger partial charge is 0.395 e. The van der Waals surface area contributed by atoms with E-state index < -0.39 is 0 Å². The lowest BCUT2D eigenvalue weighted by Gasteiger charge is -2.33. The van der Waals surface area contributed by atoms with E-state index in [2.05, 4.69) is 4.90 Å². The Labute approximate surface area is 118 Å². The predicted molar refractivity (Wildman–Crippen MR) is 78.4 cm³/mol. The summed E-state index contributed by atoms with van der Waals surface area (Å²) in [4.78, 5) is 12.8. The third-order valence-corrected chi connectivity index (χ3v) is 3.73. The number of likely N-dealkylation sites (tertiary alicyclic amines) is 1. The van der Waals surface area contributed by atoms with Gasteiger partial charge in [0.2, 0.25) is 0 Å². The molecule has 1 unspecified atom stereocenters. The lowest BCUT2D eigenvalue weighted by Crippen LogP contribution is -2.41. The molecule has 1 aromatic rings.